The number of nitrogens with one attached hydrogen (secondary N) is 2. The van der Waals surface area contributed by atoms with E-state index < -0.39 is 12.8 Å². The number of ether oxygens (including phenoxy) is 1. The van der Waals surface area contributed by atoms with Gasteiger partial charge in [0.1, 0.15) is 5.75 Å². The van der Waals surface area contributed by atoms with Crippen molar-refractivity contribution in [3.05, 3.63) is 59.4 Å². The lowest BCUT2D eigenvalue weighted by Crippen LogP contribution is -2.38. The Morgan fingerprint density at radius 2 is 2.04 bits per heavy atom. The number of nitrogens with zero attached hydrogens (tertiary/aromatic N) is 2. The number of benzene rings is 1. The van der Waals surface area contributed by atoms with Crippen LogP contribution in [0, 0.1) is 6.92 Å². The second-order valence-electron chi connectivity index (χ2n) is 6.25. The second-order valence-corrected chi connectivity index (χ2v) is 6.25. The van der Waals surface area contributed by atoms with Gasteiger partial charge in [-0.25, -0.2) is 4.99 Å². The molecule has 0 atom stereocenters. The van der Waals surface area contributed by atoms with Crippen LogP contribution in [0.5, 0.6) is 5.75 Å². The lowest BCUT2D eigenvalue weighted by Gasteiger charge is -2.14. The number of hydrogen-bond acceptors (Lipinski definition) is 3. The summed E-state index contributed by atoms with van der Waals surface area (Å²) >= 11 is 0. The maximum Gasteiger partial charge on any atom is 0.422 e. The van der Waals surface area contributed by atoms with Crippen molar-refractivity contribution in [2.24, 2.45) is 4.99 Å². The zero-order valence-corrected chi connectivity index (χ0v) is 16.0. The Hall–Kier alpha value is -2.77. The van der Waals surface area contributed by atoms with E-state index in [1.807, 2.05) is 31.3 Å². The van der Waals surface area contributed by atoms with Crippen molar-refractivity contribution in [3.8, 4) is 5.75 Å². The molecule has 28 heavy (non-hydrogen) atoms. The summed E-state index contributed by atoms with van der Waals surface area (Å²) in [5.74, 6) is 0.793. The van der Waals surface area contributed by atoms with Gasteiger partial charge in [0.05, 0.1) is 6.54 Å². The van der Waals surface area contributed by atoms with Gasteiger partial charge in [0.25, 0.3) is 0 Å². The quantitative estimate of drug-likeness (QED) is 0.530. The first-order valence-corrected chi connectivity index (χ1v) is 9.07. The van der Waals surface area contributed by atoms with E-state index in [-0.39, 0.29) is 12.3 Å². The van der Waals surface area contributed by atoms with Crippen LogP contribution in [-0.4, -0.2) is 36.8 Å². The first-order valence-electron chi connectivity index (χ1n) is 9.07. The number of alkyl halides is 3. The third kappa shape index (κ3) is 7.85. The van der Waals surface area contributed by atoms with E-state index in [1.54, 1.807) is 25.3 Å². The van der Waals surface area contributed by atoms with E-state index in [9.17, 15) is 13.2 Å². The lowest BCUT2D eigenvalue weighted by molar-refractivity contribution is -0.153. The maximum atomic E-state index is 12.5. The van der Waals surface area contributed by atoms with Crippen LogP contribution in [0.4, 0.5) is 13.2 Å². The van der Waals surface area contributed by atoms with Crippen molar-refractivity contribution in [2.45, 2.75) is 33.0 Å². The summed E-state index contributed by atoms with van der Waals surface area (Å²) < 4.78 is 42.4. The summed E-state index contributed by atoms with van der Waals surface area (Å²) in [6.07, 6.45) is -0.0689. The molecule has 0 spiro atoms. The summed E-state index contributed by atoms with van der Waals surface area (Å²) in [5, 5.41) is 6.35. The van der Waals surface area contributed by atoms with Crippen LogP contribution in [0.1, 0.15) is 23.6 Å². The van der Waals surface area contributed by atoms with Crippen LogP contribution < -0.4 is 15.4 Å². The predicted octanol–water partition coefficient (Wildman–Crippen LogP) is 3.63. The molecule has 152 valence electrons. The fraction of sp³-hybridized carbons (Fsp3) is 0.400. The van der Waals surface area contributed by atoms with Crippen LogP contribution in [-0.2, 0) is 13.0 Å². The van der Waals surface area contributed by atoms with Gasteiger partial charge in [-0.1, -0.05) is 18.2 Å². The highest BCUT2D eigenvalue weighted by Gasteiger charge is 2.28. The van der Waals surface area contributed by atoms with Gasteiger partial charge in [-0.15, -0.1) is 0 Å². The number of guanidine groups is 1. The predicted molar refractivity (Wildman–Crippen MR) is 103 cm³/mol. The minimum Gasteiger partial charge on any atom is -0.484 e. The van der Waals surface area contributed by atoms with E-state index in [0.717, 1.165) is 17.5 Å². The molecule has 0 bridgehead atoms. The smallest absolute Gasteiger partial charge is 0.422 e. The third-order valence-electron chi connectivity index (χ3n) is 3.79. The molecule has 0 saturated heterocycles. The van der Waals surface area contributed by atoms with E-state index in [4.69, 9.17) is 4.74 Å². The standard InChI is InChI=1S/C20H25F3N4O/c1-3-25-19(26-10-8-16-5-4-9-24-12-16)27-13-17-7-6-15(2)11-18(17)28-14-20(21,22)23/h4-7,9,11-12H,3,8,10,13-14H2,1-2H3,(H2,25,26,27). The second kappa shape index (κ2) is 10.5. The Labute approximate surface area is 163 Å². The Bertz CT molecular complexity index is 764. The number of halogens is 3. The SMILES string of the molecule is CCNC(=NCc1ccc(C)cc1OCC(F)(F)F)NCCc1cccnc1. The molecule has 2 N–H and O–H groups in total. The molecular formula is C20H25F3N4O. The molecule has 0 aliphatic heterocycles. The number of aromatic nitrogens is 1. The average molecular weight is 394 g/mol. The molecule has 0 fully saturated rings. The van der Waals surface area contributed by atoms with Gasteiger partial charge in [-0.05, 0) is 43.5 Å². The molecule has 1 aromatic heterocycles. The van der Waals surface area contributed by atoms with Gasteiger partial charge < -0.3 is 15.4 Å². The Balaban J connectivity index is 2.00. The molecule has 0 unspecified atom stereocenters. The fourth-order valence-corrected chi connectivity index (χ4v) is 2.46. The van der Waals surface area contributed by atoms with Gasteiger partial charge >= 0.3 is 6.18 Å². The summed E-state index contributed by atoms with van der Waals surface area (Å²) in [6, 6.07) is 9.04. The normalized spacial score (nSPS) is 12.0. The van der Waals surface area contributed by atoms with Gasteiger partial charge in [0, 0.05) is 31.0 Å². The van der Waals surface area contributed by atoms with Crippen molar-refractivity contribution in [1.29, 1.82) is 0 Å². The Morgan fingerprint density at radius 3 is 2.71 bits per heavy atom. The Morgan fingerprint density at radius 1 is 1.21 bits per heavy atom. The number of pyridine rings is 1. The molecule has 0 amide bonds. The summed E-state index contributed by atoms with van der Waals surface area (Å²) in [6.45, 7) is 3.96. The summed E-state index contributed by atoms with van der Waals surface area (Å²) in [5.41, 5.74) is 2.53. The van der Waals surface area contributed by atoms with E-state index >= 15 is 0 Å². The monoisotopic (exact) mass is 394 g/mol. The van der Waals surface area contributed by atoms with Crippen LogP contribution in [0.3, 0.4) is 0 Å². The van der Waals surface area contributed by atoms with Crippen LogP contribution >= 0.6 is 0 Å². The summed E-state index contributed by atoms with van der Waals surface area (Å²) in [4.78, 5) is 8.55. The zero-order valence-electron chi connectivity index (χ0n) is 16.0. The first-order chi connectivity index (χ1) is 13.4. The molecule has 0 saturated carbocycles. The molecule has 2 rings (SSSR count). The molecule has 2 aromatic rings. The fourth-order valence-electron chi connectivity index (χ4n) is 2.46. The van der Waals surface area contributed by atoms with Crippen molar-refractivity contribution < 1.29 is 17.9 Å². The highest BCUT2D eigenvalue weighted by molar-refractivity contribution is 5.79. The summed E-state index contributed by atoms with van der Waals surface area (Å²) in [7, 11) is 0. The van der Waals surface area contributed by atoms with Gasteiger partial charge in [0.15, 0.2) is 12.6 Å². The van der Waals surface area contributed by atoms with E-state index in [1.165, 1.54) is 0 Å². The topological polar surface area (TPSA) is 58.5 Å². The molecule has 0 aliphatic rings. The van der Waals surface area contributed by atoms with Crippen LogP contribution in [0.15, 0.2) is 47.7 Å². The molecular weight excluding hydrogens is 369 g/mol. The molecule has 0 radical (unpaired) electrons. The van der Waals surface area contributed by atoms with Gasteiger partial charge in [-0.3, -0.25) is 4.98 Å². The molecule has 1 aromatic carbocycles. The number of aliphatic imine (C=N–C) groups is 1. The van der Waals surface area contributed by atoms with Gasteiger partial charge in [0.2, 0.25) is 0 Å². The number of aryl methyl sites for hydroxylation is 1. The number of rotatable bonds is 8. The van der Waals surface area contributed by atoms with Crippen LogP contribution in [0.25, 0.3) is 0 Å². The lowest BCUT2D eigenvalue weighted by atomic mass is 10.1. The molecule has 1 heterocycles. The van der Waals surface area contributed by atoms with Crippen molar-refractivity contribution in [3.63, 3.8) is 0 Å². The van der Waals surface area contributed by atoms with E-state index in [0.29, 0.717) is 24.6 Å². The van der Waals surface area contributed by atoms with Crippen molar-refractivity contribution in [1.82, 2.24) is 15.6 Å². The van der Waals surface area contributed by atoms with Crippen LogP contribution in [0.2, 0.25) is 0 Å². The third-order valence-corrected chi connectivity index (χ3v) is 3.79. The van der Waals surface area contributed by atoms with Gasteiger partial charge in [-0.2, -0.15) is 13.2 Å². The Kier molecular flexibility index (Phi) is 8.10. The van der Waals surface area contributed by atoms with Crippen molar-refractivity contribution in [2.75, 3.05) is 19.7 Å². The highest BCUT2D eigenvalue weighted by Crippen LogP contribution is 2.24. The van der Waals surface area contributed by atoms with Crippen molar-refractivity contribution >= 4 is 5.96 Å². The highest BCUT2D eigenvalue weighted by atomic mass is 19.4. The molecule has 5 nitrogen and oxygen atoms in total. The maximum absolute atomic E-state index is 12.5. The average Bonchev–Trinajstić information content (AvgIpc) is 2.65. The largest absolute Gasteiger partial charge is 0.484 e. The minimum absolute atomic E-state index is 0.201. The molecule has 0 aliphatic carbocycles. The number of hydrogen-bond donors (Lipinski definition) is 2. The van der Waals surface area contributed by atoms with E-state index in [2.05, 4.69) is 20.6 Å². The first kappa shape index (κ1) is 21.5. The zero-order chi connectivity index (χ0) is 20.4. The molecule has 8 heteroatoms. The minimum atomic E-state index is -4.38.